The number of hydrogen-bond donors (Lipinski definition) is 2. The third-order valence-corrected chi connectivity index (χ3v) is 4.62. The highest BCUT2D eigenvalue weighted by Gasteiger charge is 2.05. The average Bonchev–Trinajstić information content (AvgIpc) is 2.83. The molecular weight excluding hydrogens is 304 g/mol. The largest absolute Gasteiger partial charge is 0.357 e. The fourth-order valence-corrected chi connectivity index (χ4v) is 3.36. The first-order valence-electron chi connectivity index (χ1n) is 8.09. The number of hydrogen-bond acceptors (Lipinski definition) is 3. The molecule has 0 saturated heterocycles. The van der Waals surface area contributed by atoms with Crippen molar-refractivity contribution < 1.29 is 0 Å². The molecule has 4 nitrogen and oxygen atoms in total. The summed E-state index contributed by atoms with van der Waals surface area (Å²) in [6.07, 6.45) is 0.978. The Morgan fingerprint density at radius 1 is 1.22 bits per heavy atom. The molecule has 124 valence electrons. The van der Waals surface area contributed by atoms with Gasteiger partial charge in [-0.2, -0.15) is 0 Å². The van der Waals surface area contributed by atoms with Crippen LogP contribution in [0.1, 0.15) is 33.6 Å². The maximum atomic E-state index is 4.67. The van der Waals surface area contributed by atoms with E-state index in [1.165, 1.54) is 16.0 Å². The predicted molar refractivity (Wildman–Crippen MR) is 99.3 cm³/mol. The maximum Gasteiger partial charge on any atom is 0.191 e. The Morgan fingerprint density at radius 2 is 2.04 bits per heavy atom. The number of guanidine groups is 1. The molecule has 1 heterocycles. The van der Waals surface area contributed by atoms with Gasteiger partial charge in [0.15, 0.2) is 5.96 Å². The monoisotopic (exact) mass is 330 g/mol. The van der Waals surface area contributed by atoms with Crippen molar-refractivity contribution in [2.45, 2.75) is 40.7 Å². The number of rotatable bonds is 6. The lowest BCUT2D eigenvalue weighted by Gasteiger charge is -2.11. The second-order valence-electron chi connectivity index (χ2n) is 5.60. The summed E-state index contributed by atoms with van der Waals surface area (Å²) in [7, 11) is 0. The van der Waals surface area contributed by atoms with Gasteiger partial charge < -0.3 is 10.6 Å². The second-order valence-corrected chi connectivity index (χ2v) is 6.89. The van der Waals surface area contributed by atoms with Gasteiger partial charge in [-0.05, 0) is 33.3 Å². The van der Waals surface area contributed by atoms with E-state index in [1.54, 1.807) is 11.3 Å². The fraction of sp³-hybridized carbons (Fsp3) is 0.444. The molecule has 0 saturated carbocycles. The molecule has 0 spiro atoms. The van der Waals surface area contributed by atoms with Gasteiger partial charge in [-0.3, -0.25) is 0 Å². The molecule has 0 amide bonds. The minimum absolute atomic E-state index is 0.690. The predicted octanol–water partition coefficient (Wildman–Crippen LogP) is 3.37. The number of nitrogens with zero attached hydrogens (tertiary/aromatic N) is 2. The highest BCUT2D eigenvalue weighted by Crippen LogP contribution is 2.17. The van der Waals surface area contributed by atoms with Crippen molar-refractivity contribution in [2.75, 3.05) is 13.1 Å². The zero-order valence-corrected chi connectivity index (χ0v) is 15.3. The van der Waals surface area contributed by atoms with Crippen LogP contribution in [-0.4, -0.2) is 24.0 Å². The van der Waals surface area contributed by atoms with E-state index in [9.17, 15) is 0 Å². The molecule has 2 N–H and O–H groups in total. The van der Waals surface area contributed by atoms with Gasteiger partial charge in [0, 0.05) is 24.4 Å². The van der Waals surface area contributed by atoms with Crippen LogP contribution in [0.2, 0.25) is 0 Å². The van der Waals surface area contributed by atoms with Crippen molar-refractivity contribution in [3.63, 3.8) is 0 Å². The molecule has 5 heteroatoms. The van der Waals surface area contributed by atoms with Crippen LogP contribution in [0.25, 0.3) is 0 Å². The molecule has 0 unspecified atom stereocenters. The number of aromatic nitrogens is 1. The first-order chi connectivity index (χ1) is 11.1. The molecule has 1 aromatic heterocycles. The van der Waals surface area contributed by atoms with E-state index in [-0.39, 0.29) is 0 Å². The van der Waals surface area contributed by atoms with Gasteiger partial charge in [0.25, 0.3) is 0 Å². The molecule has 23 heavy (non-hydrogen) atoms. The Bertz CT molecular complexity index is 661. The van der Waals surface area contributed by atoms with Crippen LogP contribution in [0.15, 0.2) is 29.3 Å². The van der Waals surface area contributed by atoms with Crippen LogP contribution in [0, 0.1) is 20.8 Å². The summed E-state index contributed by atoms with van der Waals surface area (Å²) in [5.41, 5.74) is 3.65. The average molecular weight is 331 g/mol. The Morgan fingerprint density at radius 3 is 2.70 bits per heavy atom. The van der Waals surface area contributed by atoms with E-state index in [2.05, 4.69) is 72.6 Å². The van der Waals surface area contributed by atoms with Crippen LogP contribution in [0.4, 0.5) is 0 Å². The molecule has 0 aliphatic carbocycles. The van der Waals surface area contributed by atoms with E-state index in [0.29, 0.717) is 6.54 Å². The summed E-state index contributed by atoms with van der Waals surface area (Å²) in [6, 6.07) is 8.48. The molecule has 2 aromatic rings. The van der Waals surface area contributed by atoms with E-state index in [4.69, 9.17) is 0 Å². The highest BCUT2D eigenvalue weighted by molar-refractivity contribution is 7.11. The second kappa shape index (κ2) is 8.67. The van der Waals surface area contributed by atoms with Gasteiger partial charge in [0.05, 0.1) is 17.2 Å². The topological polar surface area (TPSA) is 49.3 Å². The standard InChI is InChI=1S/C18H26N4S/c1-5-19-18(21-12-16-8-6-7-13(2)11-16)20-10-9-17-14(3)22-15(4)23-17/h6-8,11H,5,9-10,12H2,1-4H3,(H2,19,20,21). The lowest BCUT2D eigenvalue weighted by atomic mass is 10.1. The smallest absolute Gasteiger partial charge is 0.191 e. The first-order valence-corrected chi connectivity index (χ1v) is 8.90. The van der Waals surface area contributed by atoms with Gasteiger partial charge in [0.1, 0.15) is 0 Å². The zero-order valence-electron chi connectivity index (χ0n) is 14.4. The summed E-state index contributed by atoms with van der Waals surface area (Å²) in [5.74, 6) is 0.868. The van der Waals surface area contributed by atoms with Crippen LogP contribution in [0.5, 0.6) is 0 Å². The molecular formula is C18H26N4S. The lowest BCUT2D eigenvalue weighted by molar-refractivity contribution is 0.801. The van der Waals surface area contributed by atoms with Gasteiger partial charge in [-0.15, -0.1) is 11.3 Å². The maximum absolute atomic E-state index is 4.67. The molecule has 0 bridgehead atoms. The molecule has 1 aromatic carbocycles. The lowest BCUT2D eigenvalue weighted by Crippen LogP contribution is -2.38. The molecule has 2 rings (SSSR count). The van der Waals surface area contributed by atoms with E-state index in [1.807, 2.05) is 0 Å². The molecule has 0 fully saturated rings. The summed E-state index contributed by atoms with van der Waals surface area (Å²) in [6.45, 7) is 10.7. The minimum atomic E-state index is 0.690. The van der Waals surface area contributed by atoms with E-state index < -0.39 is 0 Å². The SMILES string of the molecule is CCNC(=NCc1cccc(C)c1)NCCc1sc(C)nc1C. The number of benzene rings is 1. The van der Waals surface area contributed by atoms with Crippen molar-refractivity contribution in [3.8, 4) is 0 Å². The fourth-order valence-electron chi connectivity index (χ4n) is 2.42. The normalized spacial score (nSPS) is 11.6. The number of thiazole rings is 1. The molecule has 0 radical (unpaired) electrons. The number of aryl methyl sites for hydroxylation is 3. The number of aliphatic imine (C=N–C) groups is 1. The van der Waals surface area contributed by atoms with Crippen LogP contribution < -0.4 is 10.6 Å². The Kier molecular flexibility index (Phi) is 6.59. The van der Waals surface area contributed by atoms with Crippen molar-refractivity contribution >= 4 is 17.3 Å². The van der Waals surface area contributed by atoms with Crippen molar-refractivity contribution in [3.05, 3.63) is 51.0 Å². The summed E-state index contributed by atoms with van der Waals surface area (Å²) >= 11 is 1.78. The van der Waals surface area contributed by atoms with E-state index in [0.717, 1.165) is 36.2 Å². The summed E-state index contributed by atoms with van der Waals surface area (Å²) in [5, 5.41) is 7.85. The third kappa shape index (κ3) is 5.67. The van der Waals surface area contributed by atoms with Crippen molar-refractivity contribution in [2.24, 2.45) is 4.99 Å². The van der Waals surface area contributed by atoms with Crippen LogP contribution >= 0.6 is 11.3 Å². The first kappa shape index (κ1) is 17.5. The van der Waals surface area contributed by atoms with Crippen molar-refractivity contribution in [1.82, 2.24) is 15.6 Å². The van der Waals surface area contributed by atoms with E-state index >= 15 is 0 Å². The van der Waals surface area contributed by atoms with Crippen molar-refractivity contribution in [1.29, 1.82) is 0 Å². The summed E-state index contributed by atoms with van der Waals surface area (Å²) < 4.78 is 0. The molecule has 0 aliphatic heterocycles. The molecule has 0 aliphatic rings. The minimum Gasteiger partial charge on any atom is -0.357 e. The zero-order chi connectivity index (χ0) is 16.7. The third-order valence-electron chi connectivity index (χ3n) is 3.49. The van der Waals surface area contributed by atoms with Crippen LogP contribution in [0.3, 0.4) is 0 Å². The van der Waals surface area contributed by atoms with Gasteiger partial charge in [0.2, 0.25) is 0 Å². The van der Waals surface area contributed by atoms with Gasteiger partial charge >= 0.3 is 0 Å². The Labute approximate surface area is 143 Å². The quantitative estimate of drug-likeness (QED) is 0.631. The van der Waals surface area contributed by atoms with Crippen LogP contribution in [-0.2, 0) is 13.0 Å². The highest BCUT2D eigenvalue weighted by atomic mass is 32.1. The molecule has 0 atom stereocenters. The number of nitrogens with one attached hydrogen (secondary N) is 2. The Hall–Kier alpha value is -1.88. The summed E-state index contributed by atoms with van der Waals surface area (Å²) in [4.78, 5) is 10.5. The van der Waals surface area contributed by atoms with Gasteiger partial charge in [-0.1, -0.05) is 29.8 Å². The van der Waals surface area contributed by atoms with Gasteiger partial charge in [-0.25, -0.2) is 9.98 Å². The Balaban J connectivity index is 1.90.